The predicted molar refractivity (Wildman–Crippen MR) is 111 cm³/mol. The van der Waals surface area contributed by atoms with Crippen LogP contribution in [0.4, 0.5) is 0 Å². The molecule has 3 rings (SSSR count). The van der Waals surface area contributed by atoms with E-state index in [0.717, 1.165) is 37.9 Å². The van der Waals surface area contributed by atoms with E-state index in [1.54, 1.807) is 0 Å². The third-order valence-corrected chi connectivity index (χ3v) is 5.76. The van der Waals surface area contributed by atoms with Crippen LogP contribution in [0.5, 0.6) is 0 Å². The van der Waals surface area contributed by atoms with Crippen LogP contribution in [0.25, 0.3) is 0 Å². The van der Waals surface area contributed by atoms with E-state index < -0.39 is 0 Å². The third kappa shape index (κ3) is 5.47. The molecule has 4 heteroatoms. The maximum Gasteiger partial charge on any atom is 0.193 e. The van der Waals surface area contributed by atoms with Crippen LogP contribution in [0, 0.1) is 11.3 Å². The molecule has 0 aliphatic carbocycles. The van der Waals surface area contributed by atoms with Gasteiger partial charge in [-0.05, 0) is 55.7 Å². The Balaban J connectivity index is 1.47. The van der Waals surface area contributed by atoms with Crippen LogP contribution in [0.15, 0.2) is 35.3 Å². The average molecular weight is 357 g/mol. The molecule has 2 aliphatic rings. The zero-order valence-corrected chi connectivity index (χ0v) is 16.9. The number of nitrogens with one attached hydrogen (secondary N) is 1. The van der Waals surface area contributed by atoms with Crippen molar-refractivity contribution in [2.45, 2.75) is 39.5 Å². The van der Waals surface area contributed by atoms with Gasteiger partial charge in [-0.2, -0.15) is 0 Å². The highest BCUT2D eigenvalue weighted by atomic mass is 15.3. The van der Waals surface area contributed by atoms with Gasteiger partial charge in [0.2, 0.25) is 0 Å². The summed E-state index contributed by atoms with van der Waals surface area (Å²) in [7, 11) is 1.92. The number of hydrogen-bond donors (Lipinski definition) is 1. The fraction of sp³-hybridized carbons (Fsp3) is 0.682. The Morgan fingerprint density at radius 1 is 1.15 bits per heavy atom. The lowest BCUT2D eigenvalue weighted by molar-refractivity contribution is 0.280. The number of benzene rings is 1. The van der Waals surface area contributed by atoms with E-state index in [2.05, 4.69) is 64.3 Å². The van der Waals surface area contributed by atoms with Gasteiger partial charge in [0, 0.05) is 33.2 Å². The van der Waals surface area contributed by atoms with Gasteiger partial charge in [0.1, 0.15) is 0 Å². The molecule has 2 fully saturated rings. The highest BCUT2D eigenvalue weighted by Crippen LogP contribution is 2.22. The van der Waals surface area contributed by atoms with E-state index in [0.29, 0.717) is 0 Å². The van der Waals surface area contributed by atoms with Gasteiger partial charge >= 0.3 is 0 Å². The van der Waals surface area contributed by atoms with Gasteiger partial charge in [0.25, 0.3) is 0 Å². The first kappa shape index (κ1) is 19.2. The molecule has 144 valence electrons. The number of rotatable bonds is 6. The minimum absolute atomic E-state index is 0.200. The van der Waals surface area contributed by atoms with E-state index >= 15 is 0 Å². The van der Waals surface area contributed by atoms with Gasteiger partial charge in [-0.25, -0.2) is 0 Å². The van der Waals surface area contributed by atoms with Crippen molar-refractivity contribution in [3.05, 3.63) is 35.9 Å². The van der Waals surface area contributed by atoms with Gasteiger partial charge in [0.15, 0.2) is 5.96 Å². The van der Waals surface area contributed by atoms with E-state index in [9.17, 15) is 0 Å². The Bertz CT molecular complexity index is 575. The highest BCUT2D eigenvalue weighted by Gasteiger charge is 2.28. The van der Waals surface area contributed by atoms with Gasteiger partial charge in [-0.15, -0.1) is 0 Å². The molecule has 0 bridgehead atoms. The lowest BCUT2D eigenvalue weighted by Gasteiger charge is -2.29. The standard InChI is InChI=1S/C22H36N4/c1-22(2,15-19-9-5-4-6-10-19)18-24-21(23-3)26-14-11-20(17-26)16-25-12-7-8-13-25/h4-6,9-10,20H,7-8,11-18H2,1-3H3,(H,23,24). The number of likely N-dealkylation sites (tertiary alicyclic amines) is 2. The van der Waals surface area contributed by atoms with Crippen molar-refractivity contribution in [2.24, 2.45) is 16.3 Å². The predicted octanol–water partition coefficient (Wildman–Crippen LogP) is 3.25. The van der Waals surface area contributed by atoms with Crippen LogP contribution in [0.2, 0.25) is 0 Å². The summed E-state index contributed by atoms with van der Waals surface area (Å²) in [6, 6.07) is 10.8. The van der Waals surface area contributed by atoms with Crippen molar-refractivity contribution in [3.63, 3.8) is 0 Å². The van der Waals surface area contributed by atoms with E-state index in [-0.39, 0.29) is 5.41 Å². The lowest BCUT2D eigenvalue weighted by Crippen LogP contribution is -2.44. The van der Waals surface area contributed by atoms with Crippen LogP contribution in [0.3, 0.4) is 0 Å². The molecule has 0 radical (unpaired) electrons. The van der Waals surface area contributed by atoms with Crippen molar-refractivity contribution in [2.75, 3.05) is 46.3 Å². The number of nitrogens with zero attached hydrogens (tertiary/aromatic N) is 3. The molecule has 2 aliphatic heterocycles. The normalized spacial score (nSPS) is 22.2. The fourth-order valence-electron chi connectivity index (χ4n) is 4.37. The molecule has 1 N–H and O–H groups in total. The molecular formula is C22H36N4. The van der Waals surface area contributed by atoms with E-state index in [4.69, 9.17) is 0 Å². The molecule has 2 saturated heterocycles. The smallest absolute Gasteiger partial charge is 0.193 e. The third-order valence-electron chi connectivity index (χ3n) is 5.76. The van der Waals surface area contributed by atoms with E-state index in [1.165, 1.54) is 44.5 Å². The van der Waals surface area contributed by atoms with Crippen molar-refractivity contribution in [1.82, 2.24) is 15.1 Å². The quantitative estimate of drug-likeness (QED) is 0.627. The second-order valence-electron chi connectivity index (χ2n) is 8.84. The number of guanidine groups is 1. The Labute approximate surface area is 159 Å². The molecule has 0 amide bonds. The first-order chi connectivity index (χ1) is 12.6. The molecule has 1 aromatic rings. The monoisotopic (exact) mass is 356 g/mol. The summed E-state index contributed by atoms with van der Waals surface area (Å²) in [6.07, 6.45) is 5.15. The Hall–Kier alpha value is -1.55. The SMILES string of the molecule is CN=C(NCC(C)(C)Cc1ccccc1)N1CCC(CN2CCCC2)C1. The largest absolute Gasteiger partial charge is 0.356 e. The summed E-state index contributed by atoms with van der Waals surface area (Å²) in [5.74, 6) is 1.87. The maximum absolute atomic E-state index is 4.56. The minimum atomic E-state index is 0.200. The molecule has 1 aromatic carbocycles. The van der Waals surface area contributed by atoms with Gasteiger partial charge in [-0.1, -0.05) is 44.2 Å². The van der Waals surface area contributed by atoms with Gasteiger partial charge < -0.3 is 15.1 Å². The molecular weight excluding hydrogens is 320 g/mol. The minimum Gasteiger partial charge on any atom is -0.356 e. The summed E-state index contributed by atoms with van der Waals surface area (Å²) in [5.41, 5.74) is 1.60. The Morgan fingerprint density at radius 2 is 1.88 bits per heavy atom. The summed E-state index contributed by atoms with van der Waals surface area (Å²) in [5, 5.41) is 3.65. The lowest BCUT2D eigenvalue weighted by atomic mass is 9.86. The first-order valence-corrected chi connectivity index (χ1v) is 10.3. The van der Waals surface area contributed by atoms with Crippen LogP contribution < -0.4 is 5.32 Å². The molecule has 1 unspecified atom stereocenters. The topological polar surface area (TPSA) is 30.9 Å². The van der Waals surface area contributed by atoms with Crippen LogP contribution >= 0.6 is 0 Å². The van der Waals surface area contributed by atoms with Crippen LogP contribution in [-0.4, -0.2) is 62.1 Å². The molecule has 1 atom stereocenters. The molecule has 0 spiro atoms. The summed E-state index contributed by atoms with van der Waals surface area (Å²) < 4.78 is 0. The van der Waals surface area contributed by atoms with Crippen molar-refractivity contribution in [3.8, 4) is 0 Å². The van der Waals surface area contributed by atoms with Crippen molar-refractivity contribution >= 4 is 5.96 Å². The number of hydrogen-bond acceptors (Lipinski definition) is 2. The molecule has 26 heavy (non-hydrogen) atoms. The van der Waals surface area contributed by atoms with Crippen LogP contribution in [-0.2, 0) is 6.42 Å². The zero-order valence-electron chi connectivity index (χ0n) is 16.9. The average Bonchev–Trinajstić information content (AvgIpc) is 3.29. The van der Waals surface area contributed by atoms with Crippen molar-refractivity contribution in [1.29, 1.82) is 0 Å². The molecule has 4 nitrogen and oxygen atoms in total. The molecule has 0 aromatic heterocycles. The number of aliphatic imine (C=N–C) groups is 1. The van der Waals surface area contributed by atoms with Crippen molar-refractivity contribution < 1.29 is 0 Å². The fourth-order valence-corrected chi connectivity index (χ4v) is 4.37. The second kappa shape index (κ2) is 8.90. The maximum atomic E-state index is 4.56. The van der Waals surface area contributed by atoms with E-state index in [1.807, 2.05) is 7.05 Å². The summed E-state index contributed by atoms with van der Waals surface area (Å²) in [4.78, 5) is 9.67. The zero-order chi connectivity index (χ0) is 18.4. The summed E-state index contributed by atoms with van der Waals surface area (Å²) >= 11 is 0. The second-order valence-corrected chi connectivity index (χ2v) is 8.84. The van der Waals surface area contributed by atoms with Gasteiger partial charge in [0.05, 0.1) is 0 Å². The highest BCUT2D eigenvalue weighted by molar-refractivity contribution is 5.80. The summed E-state index contributed by atoms with van der Waals surface area (Å²) in [6.45, 7) is 11.8. The Kier molecular flexibility index (Phi) is 6.58. The molecule has 2 heterocycles. The van der Waals surface area contributed by atoms with Gasteiger partial charge in [-0.3, -0.25) is 4.99 Å². The Morgan fingerprint density at radius 3 is 2.58 bits per heavy atom. The van der Waals surface area contributed by atoms with Crippen LogP contribution in [0.1, 0.15) is 38.7 Å². The first-order valence-electron chi connectivity index (χ1n) is 10.3. The molecule has 0 saturated carbocycles.